The van der Waals surface area contributed by atoms with Gasteiger partial charge in [-0.05, 0) is 12.5 Å². The quantitative estimate of drug-likeness (QED) is 0.560. The van der Waals surface area contributed by atoms with Gasteiger partial charge in [0, 0.05) is 5.56 Å². The van der Waals surface area contributed by atoms with E-state index >= 15 is 0 Å². The molecule has 0 bridgehead atoms. The zero-order chi connectivity index (χ0) is 11.7. The average molecular weight is 220 g/mol. The average Bonchev–Trinajstić information content (AvgIpc) is 2.57. The molecule has 0 radical (unpaired) electrons. The zero-order valence-corrected chi connectivity index (χ0v) is 9.15. The number of cyclic esters (lactones) is 2. The van der Waals surface area contributed by atoms with E-state index in [1.807, 2.05) is 19.1 Å². The second-order valence-corrected chi connectivity index (χ2v) is 3.75. The van der Waals surface area contributed by atoms with Crippen molar-refractivity contribution in [1.82, 2.24) is 0 Å². The second-order valence-electron chi connectivity index (χ2n) is 3.75. The van der Waals surface area contributed by atoms with E-state index in [-0.39, 0.29) is 6.42 Å². The van der Waals surface area contributed by atoms with Crippen LogP contribution < -0.4 is 4.74 Å². The summed E-state index contributed by atoms with van der Waals surface area (Å²) in [4.78, 5) is 22.5. The standard InChI is InChI=1S/C12H12O4/c1-7-4-3-5-8(11(7)15-2)9-6-10(13)16-12(9)14/h3-5,9H,6H2,1-2H3. The molecule has 1 fully saturated rings. The lowest BCUT2D eigenvalue weighted by Crippen LogP contribution is -2.07. The molecule has 1 unspecified atom stereocenters. The first-order chi connectivity index (χ1) is 7.63. The Labute approximate surface area is 93.2 Å². The molecule has 0 N–H and O–H groups in total. The maximum atomic E-state index is 11.5. The Bertz CT molecular complexity index is 450. The summed E-state index contributed by atoms with van der Waals surface area (Å²) in [5, 5.41) is 0. The van der Waals surface area contributed by atoms with Crippen molar-refractivity contribution < 1.29 is 19.1 Å². The summed E-state index contributed by atoms with van der Waals surface area (Å²) in [6.45, 7) is 1.89. The van der Waals surface area contributed by atoms with Gasteiger partial charge in [-0.25, -0.2) is 0 Å². The Kier molecular flexibility index (Phi) is 2.64. The van der Waals surface area contributed by atoms with Crippen LogP contribution in [-0.4, -0.2) is 19.0 Å². The Hall–Kier alpha value is -1.84. The Morgan fingerprint density at radius 1 is 1.38 bits per heavy atom. The van der Waals surface area contributed by atoms with Crippen LogP contribution in [0.2, 0.25) is 0 Å². The van der Waals surface area contributed by atoms with Gasteiger partial charge in [-0.15, -0.1) is 0 Å². The molecule has 4 heteroatoms. The largest absolute Gasteiger partial charge is 0.496 e. The van der Waals surface area contributed by atoms with E-state index in [2.05, 4.69) is 4.74 Å². The Balaban J connectivity index is 2.44. The van der Waals surface area contributed by atoms with E-state index in [4.69, 9.17) is 4.74 Å². The molecule has 0 aromatic heterocycles. The van der Waals surface area contributed by atoms with Crippen molar-refractivity contribution in [2.75, 3.05) is 7.11 Å². The van der Waals surface area contributed by atoms with Gasteiger partial charge in [-0.1, -0.05) is 18.2 Å². The van der Waals surface area contributed by atoms with Crippen molar-refractivity contribution >= 4 is 11.9 Å². The molecule has 84 valence electrons. The van der Waals surface area contributed by atoms with Crippen LogP contribution in [-0.2, 0) is 14.3 Å². The molecule has 1 aromatic carbocycles. The number of para-hydroxylation sites is 1. The number of ether oxygens (including phenoxy) is 2. The third kappa shape index (κ3) is 1.66. The number of benzene rings is 1. The number of hydrogen-bond donors (Lipinski definition) is 0. The first-order valence-electron chi connectivity index (χ1n) is 5.01. The number of aryl methyl sites for hydroxylation is 1. The van der Waals surface area contributed by atoms with Crippen LogP contribution in [0.4, 0.5) is 0 Å². The van der Waals surface area contributed by atoms with Crippen molar-refractivity contribution in [2.45, 2.75) is 19.3 Å². The molecule has 16 heavy (non-hydrogen) atoms. The van der Waals surface area contributed by atoms with Crippen LogP contribution in [0, 0.1) is 6.92 Å². The van der Waals surface area contributed by atoms with Gasteiger partial charge in [0.05, 0.1) is 19.4 Å². The predicted octanol–water partition coefficient (Wildman–Crippen LogP) is 1.56. The number of rotatable bonds is 2. The van der Waals surface area contributed by atoms with Crippen molar-refractivity contribution in [3.63, 3.8) is 0 Å². The third-order valence-electron chi connectivity index (χ3n) is 2.69. The molecular formula is C12H12O4. The topological polar surface area (TPSA) is 52.6 Å². The van der Waals surface area contributed by atoms with E-state index in [1.165, 1.54) is 0 Å². The van der Waals surface area contributed by atoms with Crippen LogP contribution in [0.15, 0.2) is 18.2 Å². The predicted molar refractivity (Wildman–Crippen MR) is 56.2 cm³/mol. The van der Waals surface area contributed by atoms with Crippen LogP contribution in [0.5, 0.6) is 5.75 Å². The summed E-state index contributed by atoms with van der Waals surface area (Å²) >= 11 is 0. The van der Waals surface area contributed by atoms with Crippen molar-refractivity contribution in [3.8, 4) is 5.75 Å². The van der Waals surface area contributed by atoms with E-state index in [1.54, 1.807) is 13.2 Å². The third-order valence-corrected chi connectivity index (χ3v) is 2.69. The first-order valence-corrected chi connectivity index (χ1v) is 5.01. The van der Waals surface area contributed by atoms with E-state index in [9.17, 15) is 9.59 Å². The van der Waals surface area contributed by atoms with Gasteiger partial charge in [0.25, 0.3) is 0 Å². The van der Waals surface area contributed by atoms with Gasteiger partial charge in [-0.3, -0.25) is 9.59 Å². The molecule has 0 saturated carbocycles. The summed E-state index contributed by atoms with van der Waals surface area (Å²) in [5.41, 5.74) is 1.66. The maximum Gasteiger partial charge on any atom is 0.321 e. The van der Waals surface area contributed by atoms with Crippen molar-refractivity contribution in [3.05, 3.63) is 29.3 Å². The lowest BCUT2D eigenvalue weighted by Gasteiger charge is -2.13. The van der Waals surface area contributed by atoms with Crippen LogP contribution in [0.25, 0.3) is 0 Å². The van der Waals surface area contributed by atoms with Gasteiger partial charge >= 0.3 is 11.9 Å². The van der Waals surface area contributed by atoms with E-state index < -0.39 is 17.9 Å². The SMILES string of the molecule is COc1c(C)cccc1C1CC(=O)OC1=O. The fourth-order valence-electron chi connectivity index (χ4n) is 1.94. The smallest absolute Gasteiger partial charge is 0.321 e. The maximum absolute atomic E-state index is 11.5. The number of methoxy groups -OCH3 is 1. The molecule has 4 nitrogen and oxygen atoms in total. The second kappa shape index (κ2) is 3.96. The van der Waals surface area contributed by atoms with Gasteiger partial charge in [-0.2, -0.15) is 0 Å². The summed E-state index contributed by atoms with van der Waals surface area (Å²) in [5.74, 6) is -0.839. The van der Waals surface area contributed by atoms with Gasteiger partial charge in [0.15, 0.2) is 0 Å². The molecule has 0 spiro atoms. The molecular weight excluding hydrogens is 208 g/mol. The van der Waals surface area contributed by atoms with Gasteiger partial charge < -0.3 is 9.47 Å². The molecule has 0 amide bonds. The fourth-order valence-corrected chi connectivity index (χ4v) is 1.94. The summed E-state index contributed by atoms with van der Waals surface area (Å²) in [7, 11) is 1.55. The molecule has 1 heterocycles. The highest BCUT2D eigenvalue weighted by Gasteiger charge is 2.36. The fraction of sp³-hybridized carbons (Fsp3) is 0.333. The Morgan fingerprint density at radius 3 is 2.69 bits per heavy atom. The minimum atomic E-state index is -0.526. The van der Waals surface area contributed by atoms with Crippen LogP contribution in [0.1, 0.15) is 23.5 Å². The highest BCUT2D eigenvalue weighted by atomic mass is 16.6. The van der Waals surface area contributed by atoms with Crippen molar-refractivity contribution in [2.24, 2.45) is 0 Å². The molecule has 1 atom stereocenters. The minimum Gasteiger partial charge on any atom is -0.496 e. The first kappa shape index (κ1) is 10.7. The molecule has 1 aromatic rings. The minimum absolute atomic E-state index is 0.0959. The monoisotopic (exact) mass is 220 g/mol. The van der Waals surface area contributed by atoms with Crippen LogP contribution >= 0.6 is 0 Å². The molecule has 1 saturated heterocycles. The Morgan fingerprint density at radius 2 is 2.12 bits per heavy atom. The zero-order valence-electron chi connectivity index (χ0n) is 9.15. The summed E-state index contributed by atoms with van der Waals surface area (Å²) < 4.78 is 9.79. The number of carbonyl (C=O) groups excluding carboxylic acids is 2. The van der Waals surface area contributed by atoms with Crippen LogP contribution in [0.3, 0.4) is 0 Å². The highest BCUT2D eigenvalue weighted by molar-refractivity contribution is 5.98. The summed E-state index contributed by atoms with van der Waals surface area (Å²) in [6.07, 6.45) is 0.0959. The molecule has 2 rings (SSSR count). The lowest BCUT2D eigenvalue weighted by atomic mass is 9.95. The van der Waals surface area contributed by atoms with E-state index in [0.29, 0.717) is 5.75 Å². The van der Waals surface area contributed by atoms with Gasteiger partial charge in [0.1, 0.15) is 5.75 Å². The normalized spacial score (nSPS) is 19.8. The lowest BCUT2D eigenvalue weighted by molar-refractivity contribution is -0.152. The molecule has 1 aliphatic rings. The number of esters is 2. The number of hydrogen-bond acceptors (Lipinski definition) is 4. The van der Waals surface area contributed by atoms with Gasteiger partial charge in [0.2, 0.25) is 0 Å². The summed E-state index contributed by atoms with van der Waals surface area (Å²) in [6, 6.07) is 5.52. The highest BCUT2D eigenvalue weighted by Crippen LogP contribution is 2.35. The molecule has 0 aliphatic carbocycles. The molecule has 1 aliphatic heterocycles. The van der Waals surface area contributed by atoms with E-state index in [0.717, 1.165) is 11.1 Å². The van der Waals surface area contributed by atoms with Crippen molar-refractivity contribution in [1.29, 1.82) is 0 Å². The number of carbonyl (C=O) groups is 2.